The van der Waals surface area contributed by atoms with Crippen LogP contribution >= 0.6 is 0 Å². The van der Waals surface area contributed by atoms with Gasteiger partial charge in [-0.15, -0.1) is 5.10 Å². The third-order valence-electron chi connectivity index (χ3n) is 2.70. The van der Waals surface area contributed by atoms with Crippen LogP contribution in [0.1, 0.15) is 22.6 Å². The van der Waals surface area contributed by atoms with Crippen LogP contribution in [0, 0.1) is 13.8 Å². The molecule has 0 aliphatic carbocycles. The summed E-state index contributed by atoms with van der Waals surface area (Å²) in [4.78, 5) is 0. The lowest BCUT2D eigenvalue weighted by Crippen LogP contribution is -2.05. The first-order valence-electron chi connectivity index (χ1n) is 5.20. The molecular formula is C10H16N6. The number of aryl methyl sites for hydroxylation is 2. The molecule has 2 aromatic rings. The molecular weight excluding hydrogens is 204 g/mol. The zero-order valence-electron chi connectivity index (χ0n) is 9.80. The molecule has 0 aromatic carbocycles. The van der Waals surface area contributed by atoms with Gasteiger partial charge in [0.2, 0.25) is 0 Å². The molecule has 2 rings (SSSR count). The highest BCUT2D eigenvalue weighted by Gasteiger charge is 2.11. The smallest absolute Gasteiger partial charge is 0.104 e. The number of hydrogen-bond acceptors (Lipinski definition) is 4. The fourth-order valence-corrected chi connectivity index (χ4v) is 1.80. The third-order valence-corrected chi connectivity index (χ3v) is 2.70. The van der Waals surface area contributed by atoms with Gasteiger partial charge >= 0.3 is 0 Å². The van der Waals surface area contributed by atoms with Gasteiger partial charge in [-0.1, -0.05) is 5.21 Å². The van der Waals surface area contributed by atoms with Crippen molar-refractivity contribution in [2.45, 2.75) is 26.9 Å². The Morgan fingerprint density at radius 1 is 1.38 bits per heavy atom. The second kappa shape index (κ2) is 4.05. The summed E-state index contributed by atoms with van der Waals surface area (Å²) < 4.78 is 3.60. The lowest BCUT2D eigenvalue weighted by atomic mass is 10.2. The van der Waals surface area contributed by atoms with Gasteiger partial charge in [0.15, 0.2) is 0 Å². The van der Waals surface area contributed by atoms with Crippen LogP contribution in [-0.2, 0) is 20.1 Å². The highest BCUT2D eigenvalue weighted by molar-refractivity contribution is 5.24. The molecule has 0 amide bonds. The molecule has 16 heavy (non-hydrogen) atoms. The largest absolute Gasteiger partial charge is 0.326 e. The maximum absolute atomic E-state index is 5.68. The molecule has 2 aromatic heterocycles. The molecule has 6 nitrogen and oxygen atoms in total. The van der Waals surface area contributed by atoms with Gasteiger partial charge in [-0.2, -0.15) is 5.10 Å². The summed E-state index contributed by atoms with van der Waals surface area (Å²) in [6, 6.07) is 0. The summed E-state index contributed by atoms with van der Waals surface area (Å²) in [5, 5.41) is 12.4. The Bertz CT molecular complexity index is 495. The Morgan fingerprint density at radius 3 is 2.62 bits per heavy atom. The van der Waals surface area contributed by atoms with Gasteiger partial charge in [0, 0.05) is 31.0 Å². The zero-order valence-corrected chi connectivity index (χ0v) is 9.80. The van der Waals surface area contributed by atoms with E-state index in [0.29, 0.717) is 13.1 Å². The average Bonchev–Trinajstić information content (AvgIpc) is 2.74. The summed E-state index contributed by atoms with van der Waals surface area (Å²) in [6.07, 6.45) is 1.89. The predicted octanol–water partition coefficient (Wildman–Crippen LogP) is 0.135. The Balaban J connectivity index is 2.28. The molecule has 0 spiro atoms. The Hall–Kier alpha value is -1.69. The van der Waals surface area contributed by atoms with Gasteiger partial charge in [0.25, 0.3) is 0 Å². The summed E-state index contributed by atoms with van der Waals surface area (Å²) in [5.41, 5.74) is 9.78. The topological polar surface area (TPSA) is 74.5 Å². The predicted molar refractivity (Wildman–Crippen MR) is 59.7 cm³/mol. The number of nitrogens with zero attached hydrogens (tertiary/aromatic N) is 5. The lowest BCUT2D eigenvalue weighted by molar-refractivity contribution is 0.643. The van der Waals surface area contributed by atoms with E-state index in [1.54, 1.807) is 4.68 Å². The van der Waals surface area contributed by atoms with Crippen molar-refractivity contribution in [2.24, 2.45) is 12.8 Å². The van der Waals surface area contributed by atoms with Crippen LogP contribution in [0.3, 0.4) is 0 Å². The second-order valence-electron chi connectivity index (χ2n) is 3.89. The summed E-state index contributed by atoms with van der Waals surface area (Å²) in [7, 11) is 1.85. The quantitative estimate of drug-likeness (QED) is 0.798. The number of nitrogens with two attached hydrogens (primary N) is 1. The van der Waals surface area contributed by atoms with E-state index >= 15 is 0 Å². The van der Waals surface area contributed by atoms with Crippen molar-refractivity contribution >= 4 is 0 Å². The standard InChI is InChI=1S/C10H16N6/c1-7-10(4-11)8(2)16(13-7)6-9-5-15(3)14-12-9/h5H,4,6,11H2,1-3H3. The van der Waals surface area contributed by atoms with Crippen LogP contribution in [0.4, 0.5) is 0 Å². The van der Waals surface area contributed by atoms with Crippen LogP contribution in [0.25, 0.3) is 0 Å². The molecule has 0 fully saturated rings. The van der Waals surface area contributed by atoms with Crippen LogP contribution in [-0.4, -0.2) is 24.8 Å². The zero-order chi connectivity index (χ0) is 11.7. The maximum atomic E-state index is 5.68. The SMILES string of the molecule is Cc1nn(Cc2cn(C)nn2)c(C)c1CN. The molecule has 0 aliphatic rings. The van der Waals surface area contributed by atoms with E-state index in [-0.39, 0.29) is 0 Å². The van der Waals surface area contributed by atoms with E-state index in [1.807, 2.05) is 31.8 Å². The van der Waals surface area contributed by atoms with Gasteiger partial charge in [-0.25, -0.2) is 0 Å². The normalized spacial score (nSPS) is 11.0. The van der Waals surface area contributed by atoms with Crippen LogP contribution < -0.4 is 5.73 Å². The number of hydrogen-bond donors (Lipinski definition) is 1. The second-order valence-corrected chi connectivity index (χ2v) is 3.89. The molecule has 2 heterocycles. The molecule has 0 saturated carbocycles. The van der Waals surface area contributed by atoms with Crippen molar-refractivity contribution in [3.05, 3.63) is 28.8 Å². The molecule has 86 valence electrons. The van der Waals surface area contributed by atoms with Crippen molar-refractivity contribution < 1.29 is 0 Å². The van der Waals surface area contributed by atoms with Gasteiger partial charge in [0.1, 0.15) is 5.69 Å². The molecule has 0 atom stereocenters. The van der Waals surface area contributed by atoms with E-state index in [1.165, 1.54) is 0 Å². The van der Waals surface area contributed by atoms with Gasteiger partial charge in [0.05, 0.1) is 12.2 Å². The minimum absolute atomic E-state index is 0.526. The van der Waals surface area contributed by atoms with E-state index in [0.717, 1.165) is 22.6 Å². The molecule has 0 radical (unpaired) electrons. The minimum atomic E-state index is 0.526. The first kappa shape index (κ1) is 10.8. The van der Waals surface area contributed by atoms with Crippen LogP contribution in [0.2, 0.25) is 0 Å². The summed E-state index contributed by atoms with van der Waals surface area (Å²) in [5.74, 6) is 0. The fourth-order valence-electron chi connectivity index (χ4n) is 1.80. The first-order chi connectivity index (χ1) is 7.61. The maximum Gasteiger partial charge on any atom is 0.104 e. The molecule has 0 aliphatic heterocycles. The number of aromatic nitrogens is 5. The van der Waals surface area contributed by atoms with E-state index in [2.05, 4.69) is 15.4 Å². The van der Waals surface area contributed by atoms with Crippen molar-refractivity contribution in [3.63, 3.8) is 0 Å². The fraction of sp³-hybridized carbons (Fsp3) is 0.500. The summed E-state index contributed by atoms with van der Waals surface area (Å²) >= 11 is 0. The van der Waals surface area contributed by atoms with Crippen LogP contribution in [0.5, 0.6) is 0 Å². The Morgan fingerprint density at radius 2 is 2.12 bits per heavy atom. The molecule has 0 saturated heterocycles. The van der Waals surface area contributed by atoms with Crippen molar-refractivity contribution in [1.29, 1.82) is 0 Å². The number of rotatable bonds is 3. The van der Waals surface area contributed by atoms with E-state index < -0.39 is 0 Å². The highest BCUT2D eigenvalue weighted by Crippen LogP contribution is 2.12. The van der Waals surface area contributed by atoms with Gasteiger partial charge in [-0.05, 0) is 13.8 Å². The van der Waals surface area contributed by atoms with E-state index in [4.69, 9.17) is 5.73 Å². The van der Waals surface area contributed by atoms with E-state index in [9.17, 15) is 0 Å². The van der Waals surface area contributed by atoms with Crippen molar-refractivity contribution in [1.82, 2.24) is 24.8 Å². The lowest BCUT2D eigenvalue weighted by Gasteiger charge is -2.01. The minimum Gasteiger partial charge on any atom is -0.326 e. The van der Waals surface area contributed by atoms with Crippen molar-refractivity contribution in [3.8, 4) is 0 Å². The molecule has 2 N–H and O–H groups in total. The van der Waals surface area contributed by atoms with Gasteiger partial charge in [-0.3, -0.25) is 9.36 Å². The highest BCUT2D eigenvalue weighted by atomic mass is 15.4. The Kier molecular flexibility index (Phi) is 2.74. The monoisotopic (exact) mass is 220 g/mol. The van der Waals surface area contributed by atoms with Crippen LogP contribution in [0.15, 0.2) is 6.20 Å². The molecule has 0 bridgehead atoms. The first-order valence-corrected chi connectivity index (χ1v) is 5.20. The molecule has 0 unspecified atom stereocenters. The third kappa shape index (κ3) is 1.83. The molecule has 6 heteroatoms. The Labute approximate surface area is 94.1 Å². The van der Waals surface area contributed by atoms with Crippen molar-refractivity contribution in [2.75, 3.05) is 0 Å². The van der Waals surface area contributed by atoms with Gasteiger partial charge < -0.3 is 5.73 Å². The average molecular weight is 220 g/mol. The summed E-state index contributed by atoms with van der Waals surface area (Å²) in [6.45, 7) is 5.17.